The number of fused-ring (bicyclic) bond motifs is 14. The summed E-state index contributed by atoms with van der Waals surface area (Å²) in [6.07, 6.45) is 0. The molecule has 0 saturated carbocycles. The largest absolute Gasteiger partial charge is 0.456 e. The van der Waals surface area contributed by atoms with Gasteiger partial charge in [-0.15, -0.1) is 0 Å². The number of benzene rings is 8. The molecule has 0 unspecified atom stereocenters. The number of para-hydroxylation sites is 1. The Kier molecular flexibility index (Phi) is 7.78. The van der Waals surface area contributed by atoms with Crippen LogP contribution in [0.25, 0.3) is 82.8 Å². The van der Waals surface area contributed by atoms with E-state index in [-0.39, 0.29) is 21.7 Å². The fourth-order valence-corrected chi connectivity index (χ4v) is 12.0. The first-order chi connectivity index (χ1) is 31.5. The van der Waals surface area contributed by atoms with Crippen molar-refractivity contribution < 1.29 is 4.42 Å². The molecule has 2 aromatic heterocycles. The van der Waals surface area contributed by atoms with Gasteiger partial charge in [-0.1, -0.05) is 160 Å². The predicted molar refractivity (Wildman–Crippen MR) is 281 cm³/mol. The molecule has 66 heavy (non-hydrogen) atoms. The van der Waals surface area contributed by atoms with Crippen molar-refractivity contribution in [2.24, 2.45) is 0 Å². The molecule has 1 aliphatic heterocycles. The number of anilines is 2. The zero-order valence-corrected chi connectivity index (χ0v) is 39.7. The van der Waals surface area contributed by atoms with E-state index in [4.69, 9.17) is 4.42 Å². The van der Waals surface area contributed by atoms with E-state index in [1.165, 1.54) is 99.7 Å². The zero-order chi connectivity index (χ0) is 45.4. The summed E-state index contributed by atoms with van der Waals surface area (Å²) in [6.45, 7) is 23.4. The van der Waals surface area contributed by atoms with Crippen molar-refractivity contribution in [3.8, 4) is 39.1 Å². The molecule has 3 heterocycles. The van der Waals surface area contributed by atoms with Crippen molar-refractivity contribution >= 4 is 73.3 Å². The molecular weight excluding hydrogens is 800 g/mol. The van der Waals surface area contributed by atoms with Crippen LogP contribution in [0.4, 0.5) is 11.4 Å². The third kappa shape index (κ3) is 5.39. The minimum absolute atomic E-state index is 0.0485. The van der Waals surface area contributed by atoms with E-state index in [1.54, 1.807) is 0 Å². The minimum atomic E-state index is -0.183. The second-order valence-corrected chi connectivity index (χ2v) is 22.5. The highest BCUT2D eigenvalue weighted by atomic mass is 16.3. The average Bonchev–Trinajstić information content (AvgIpc) is 3.95. The molecular formula is C62H54BN2O. The Morgan fingerprint density at radius 2 is 1.14 bits per heavy atom. The molecule has 0 amide bonds. The molecule has 1 radical (unpaired) electrons. The van der Waals surface area contributed by atoms with E-state index < -0.39 is 0 Å². The lowest BCUT2D eigenvalue weighted by Crippen LogP contribution is -2.37. The van der Waals surface area contributed by atoms with E-state index in [2.05, 4.69) is 226 Å². The maximum atomic E-state index is 6.59. The van der Waals surface area contributed by atoms with Crippen LogP contribution in [-0.2, 0) is 21.7 Å². The van der Waals surface area contributed by atoms with Crippen LogP contribution in [-0.4, -0.2) is 11.8 Å². The van der Waals surface area contributed by atoms with Crippen LogP contribution >= 0.6 is 0 Å². The highest BCUT2D eigenvalue weighted by Crippen LogP contribution is 2.54. The Bertz CT molecular complexity index is 3770. The summed E-state index contributed by atoms with van der Waals surface area (Å²) in [5.74, 6) is 0. The minimum Gasteiger partial charge on any atom is -0.456 e. The molecule has 4 heteroatoms. The third-order valence-electron chi connectivity index (χ3n) is 15.7. The monoisotopic (exact) mass is 853 g/mol. The lowest BCUT2D eigenvalue weighted by molar-refractivity contribution is 0.584. The van der Waals surface area contributed by atoms with Gasteiger partial charge in [0.05, 0.1) is 5.52 Å². The number of hydrogen-bond donors (Lipinski definition) is 1. The number of nitrogens with one attached hydrogen (secondary N) is 1. The standard InChI is InChI=1S/C62H54BN2O/c1-59(2,3)34-19-22-36(23-20-34)64-52-32-50-42(38-24-21-35(60(4,5)6)27-48(38)62(50,9)10)28-44(52)40-25-26-41-45-29-49-43(37-15-11-13-17-47(37)61(49,7)8)30-53(45)65-54-31-46-39-16-12-14-18-55(39)66-56(46)33-51(54)63-57(40)58(41)65/h11-33,64H,1-10H3. The fraction of sp³-hybridized carbons (Fsp3) is 0.226. The molecule has 321 valence electrons. The van der Waals surface area contributed by atoms with Gasteiger partial charge in [0.1, 0.15) is 11.2 Å². The molecule has 1 N–H and O–H groups in total. The van der Waals surface area contributed by atoms with Gasteiger partial charge in [-0.3, -0.25) is 0 Å². The summed E-state index contributed by atoms with van der Waals surface area (Å²) in [4.78, 5) is 0. The molecule has 0 saturated heterocycles. The van der Waals surface area contributed by atoms with Crippen LogP contribution in [0.5, 0.6) is 0 Å². The van der Waals surface area contributed by atoms with Crippen molar-refractivity contribution in [2.75, 3.05) is 5.32 Å². The number of furan rings is 1. The van der Waals surface area contributed by atoms with E-state index in [0.29, 0.717) is 0 Å². The molecule has 13 rings (SSSR count). The number of rotatable bonds is 3. The molecule has 0 bridgehead atoms. The second-order valence-electron chi connectivity index (χ2n) is 22.5. The zero-order valence-electron chi connectivity index (χ0n) is 39.7. The van der Waals surface area contributed by atoms with Gasteiger partial charge in [0.25, 0.3) is 0 Å². The predicted octanol–water partition coefficient (Wildman–Crippen LogP) is 15.3. The van der Waals surface area contributed by atoms with Crippen molar-refractivity contribution in [3.05, 3.63) is 173 Å². The average molecular weight is 854 g/mol. The first kappa shape index (κ1) is 39.6. The summed E-state index contributed by atoms with van der Waals surface area (Å²) in [6, 6.07) is 53.1. The fourth-order valence-electron chi connectivity index (χ4n) is 12.0. The van der Waals surface area contributed by atoms with Crippen LogP contribution in [0, 0.1) is 0 Å². The van der Waals surface area contributed by atoms with Gasteiger partial charge in [0.15, 0.2) is 7.28 Å². The second kappa shape index (κ2) is 13.0. The molecule has 2 aliphatic carbocycles. The number of aromatic nitrogens is 1. The van der Waals surface area contributed by atoms with Gasteiger partial charge in [-0.2, -0.15) is 0 Å². The summed E-state index contributed by atoms with van der Waals surface area (Å²) in [5.41, 5.74) is 25.7. The lowest BCUT2D eigenvalue weighted by Gasteiger charge is -2.27. The number of hydrogen-bond acceptors (Lipinski definition) is 2. The van der Waals surface area contributed by atoms with E-state index in [0.717, 1.165) is 38.8 Å². The van der Waals surface area contributed by atoms with Gasteiger partial charge in [-0.05, 0) is 132 Å². The summed E-state index contributed by atoms with van der Waals surface area (Å²) in [7, 11) is 2.44. The van der Waals surface area contributed by atoms with Crippen LogP contribution < -0.4 is 16.2 Å². The van der Waals surface area contributed by atoms with Crippen molar-refractivity contribution in [2.45, 2.75) is 90.9 Å². The maximum Gasteiger partial charge on any atom is 0.198 e. The molecule has 3 aliphatic rings. The normalized spacial score (nSPS) is 15.2. The van der Waals surface area contributed by atoms with Gasteiger partial charge in [0, 0.05) is 60.5 Å². The quantitative estimate of drug-likeness (QED) is 0.180. The molecule has 0 atom stereocenters. The third-order valence-corrected chi connectivity index (χ3v) is 15.7. The molecule has 0 spiro atoms. The smallest absolute Gasteiger partial charge is 0.198 e. The Balaban J connectivity index is 1.10. The van der Waals surface area contributed by atoms with Gasteiger partial charge >= 0.3 is 0 Å². The van der Waals surface area contributed by atoms with Crippen molar-refractivity contribution in [1.29, 1.82) is 0 Å². The lowest BCUT2D eigenvalue weighted by atomic mass is 9.59. The van der Waals surface area contributed by atoms with Gasteiger partial charge in [-0.25, -0.2) is 0 Å². The summed E-state index contributed by atoms with van der Waals surface area (Å²) < 4.78 is 9.17. The maximum absolute atomic E-state index is 6.59. The van der Waals surface area contributed by atoms with Crippen molar-refractivity contribution in [3.63, 3.8) is 0 Å². The summed E-state index contributed by atoms with van der Waals surface area (Å²) >= 11 is 0. The van der Waals surface area contributed by atoms with E-state index in [9.17, 15) is 0 Å². The Morgan fingerprint density at radius 3 is 1.92 bits per heavy atom. The van der Waals surface area contributed by atoms with Crippen LogP contribution in [0.1, 0.15) is 103 Å². The molecule has 0 fully saturated rings. The SMILES string of the molecule is CC(C)(C)c1ccc(Nc2cc3c(cc2-c2ccc4c5cc6c(cc5n5c4c2[B]c2cc4oc7ccccc7c4cc2-5)-c2ccccc2C6(C)C)-c2ccc(C(C)(C)C)cc2C3(C)C)cc1. The Morgan fingerprint density at radius 1 is 0.485 bits per heavy atom. The first-order valence-corrected chi connectivity index (χ1v) is 23.7. The van der Waals surface area contributed by atoms with E-state index >= 15 is 0 Å². The van der Waals surface area contributed by atoms with Gasteiger partial charge < -0.3 is 14.3 Å². The molecule has 10 aromatic rings. The van der Waals surface area contributed by atoms with Crippen molar-refractivity contribution in [1.82, 2.24) is 4.57 Å². The van der Waals surface area contributed by atoms with E-state index in [1.807, 2.05) is 0 Å². The molecule has 8 aromatic carbocycles. The highest BCUT2D eigenvalue weighted by Gasteiger charge is 2.40. The highest BCUT2D eigenvalue weighted by molar-refractivity contribution is 6.73. The molecule has 3 nitrogen and oxygen atoms in total. The topological polar surface area (TPSA) is 30.1 Å². The van der Waals surface area contributed by atoms with Crippen LogP contribution in [0.2, 0.25) is 0 Å². The first-order valence-electron chi connectivity index (χ1n) is 23.7. The Hall–Kier alpha value is -6.78. The Labute approximate surface area is 388 Å². The van der Waals surface area contributed by atoms with Gasteiger partial charge in [0.2, 0.25) is 0 Å². The summed E-state index contributed by atoms with van der Waals surface area (Å²) in [5, 5.41) is 8.84. The van der Waals surface area contributed by atoms with Crippen LogP contribution in [0.3, 0.4) is 0 Å². The van der Waals surface area contributed by atoms with Crippen LogP contribution in [0.15, 0.2) is 144 Å². The number of nitrogens with zero attached hydrogens (tertiary/aromatic N) is 1.